The number of fused-ring (bicyclic) bond motifs is 3. The van der Waals surface area contributed by atoms with Crippen LogP contribution < -0.4 is 0 Å². The zero-order chi connectivity index (χ0) is 11.2. The van der Waals surface area contributed by atoms with E-state index in [-0.39, 0.29) is 11.4 Å². The molecule has 0 spiro atoms. The van der Waals surface area contributed by atoms with Crippen molar-refractivity contribution in [2.75, 3.05) is 13.1 Å². The Morgan fingerprint density at radius 3 is 2.31 bits per heavy atom. The van der Waals surface area contributed by atoms with E-state index in [2.05, 4.69) is 11.8 Å². The molecule has 4 rings (SSSR count). The van der Waals surface area contributed by atoms with Gasteiger partial charge in [0.1, 0.15) is 5.82 Å². The van der Waals surface area contributed by atoms with Crippen molar-refractivity contribution in [3.8, 4) is 0 Å². The maximum absolute atomic E-state index is 13.0. The van der Waals surface area contributed by atoms with Crippen LogP contribution in [0.4, 0.5) is 4.39 Å². The predicted molar refractivity (Wildman–Crippen MR) is 62.7 cm³/mol. The van der Waals surface area contributed by atoms with E-state index in [0.717, 1.165) is 5.92 Å². The average Bonchev–Trinajstić information content (AvgIpc) is 2.31. The molecule has 0 saturated carbocycles. The Bertz CT molecular complexity index is 378. The van der Waals surface area contributed by atoms with E-state index in [4.69, 9.17) is 0 Å². The van der Waals surface area contributed by atoms with Gasteiger partial charge in [0.25, 0.3) is 0 Å². The van der Waals surface area contributed by atoms with E-state index >= 15 is 0 Å². The van der Waals surface area contributed by atoms with Crippen molar-refractivity contribution < 1.29 is 4.39 Å². The van der Waals surface area contributed by atoms with Crippen molar-refractivity contribution in [2.45, 2.75) is 31.7 Å². The lowest BCUT2D eigenvalue weighted by Gasteiger charge is -2.53. The van der Waals surface area contributed by atoms with Crippen LogP contribution in [0, 0.1) is 11.7 Å². The third kappa shape index (κ3) is 1.47. The highest BCUT2D eigenvalue weighted by Crippen LogP contribution is 2.44. The molecule has 1 unspecified atom stereocenters. The summed E-state index contributed by atoms with van der Waals surface area (Å²) in [4.78, 5) is 2.57. The molecular weight excluding hydrogens is 201 g/mol. The first-order chi connectivity index (χ1) is 7.68. The molecule has 3 heterocycles. The quantitative estimate of drug-likeness (QED) is 0.701. The van der Waals surface area contributed by atoms with Gasteiger partial charge in [0.15, 0.2) is 0 Å². The Hall–Kier alpha value is -0.890. The molecule has 3 fully saturated rings. The van der Waals surface area contributed by atoms with Crippen molar-refractivity contribution in [1.29, 1.82) is 0 Å². The lowest BCUT2D eigenvalue weighted by Crippen LogP contribution is -2.54. The van der Waals surface area contributed by atoms with E-state index in [9.17, 15) is 4.39 Å². The van der Waals surface area contributed by atoms with Crippen LogP contribution in [0.15, 0.2) is 24.3 Å². The summed E-state index contributed by atoms with van der Waals surface area (Å²) in [6, 6.07) is 7.08. The van der Waals surface area contributed by atoms with Crippen LogP contribution in [-0.2, 0) is 5.54 Å². The molecule has 86 valence electrons. The number of nitrogens with zero attached hydrogens (tertiary/aromatic N) is 1. The molecule has 3 aliphatic rings. The number of piperidine rings is 3. The van der Waals surface area contributed by atoms with Crippen molar-refractivity contribution in [1.82, 2.24) is 4.90 Å². The summed E-state index contributed by atoms with van der Waals surface area (Å²) in [5.41, 5.74) is 1.42. The second-order valence-corrected chi connectivity index (χ2v) is 5.42. The number of hydrogen-bond acceptors (Lipinski definition) is 1. The minimum Gasteiger partial charge on any atom is -0.294 e. The first-order valence-electron chi connectivity index (χ1n) is 6.19. The van der Waals surface area contributed by atoms with Crippen LogP contribution in [0.25, 0.3) is 0 Å². The molecule has 0 amide bonds. The van der Waals surface area contributed by atoms with Gasteiger partial charge in [0.2, 0.25) is 0 Å². The number of rotatable bonds is 1. The summed E-state index contributed by atoms with van der Waals surface area (Å²) < 4.78 is 13.0. The third-order valence-electron chi connectivity index (χ3n) is 4.46. The lowest BCUT2D eigenvalue weighted by atomic mass is 9.72. The fourth-order valence-corrected chi connectivity index (χ4v) is 3.43. The lowest BCUT2D eigenvalue weighted by molar-refractivity contribution is -0.0214. The van der Waals surface area contributed by atoms with Gasteiger partial charge in [-0.1, -0.05) is 12.1 Å². The zero-order valence-electron chi connectivity index (χ0n) is 9.75. The Morgan fingerprint density at radius 1 is 1.19 bits per heavy atom. The van der Waals surface area contributed by atoms with Crippen LogP contribution in [0.1, 0.15) is 31.7 Å². The summed E-state index contributed by atoms with van der Waals surface area (Å²) in [5.74, 6) is 0.739. The first kappa shape index (κ1) is 10.3. The van der Waals surface area contributed by atoms with Gasteiger partial charge in [0.05, 0.1) is 0 Å². The highest BCUT2D eigenvalue weighted by molar-refractivity contribution is 5.26. The van der Waals surface area contributed by atoms with Crippen molar-refractivity contribution in [3.63, 3.8) is 0 Å². The molecule has 0 aliphatic carbocycles. The van der Waals surface area contributed by atoms with Crippen LogP contribution in [-0.4, -0.2) is 18.0 Å². The Labute approximate surface area is 96.3 Å². The summed E-state index contributed by atoms with van der Waals surface area (Å²) in [6.07, 6.45) is 3.92. The van der Waals surface area contributed by atoms with Crippen LogP contribution in [0.5, 0.6) is 0 Å². The molecule has 2 heteroatoms. The van der Waals surface area contributed by atoms with Gasteiger partial charge in [-0.25, -0.2) is 4.39 Å². The number of benzene rings is 1. The van der Waals surface area contributed by atoms with Gasteiger partial charge in [-0.3, -0.25) is 4.90 Å². The van der Waals surface area contributed by atoms with E-state index in [1.165, 1.54) is 37.9 Å². The minimum absolute atomic E-state index is 0.136. The molecule has 3 aliphatic heterocycles. The van der Waals surface area contributed by atoms with E-state index in [1.54, 1.807) is 12.1 Å². The van der Waals surface area contributed by atoms with Gasteiger partial charge < -0.3 is 0 Å². The zero-order valence-corrected chi connectivity index (χ0v) is 9.75. The Balaban J connectivity index is 1.95. The number of hydrogen-bond donors (Lipinski definition) is 0. The average molecular weight is 219 g/mol. The second-order valence-electron chi connectivity index (χ2n) is 5.42. The molecule has 1 aromatic rings. The summed E-state index contributed by atoms with van der Waals surface area (Å²) in [7, 11) is 0. The Morgan fingerprint density at radius 2 is 1.81 bits per heavy atom. The normalized spacial score (nSPS) is 37.6. The first-order valence-corrected chi connectivity index (χ1v) is 6.19. The topological polar surface area (TPSA) is 3.24 Å². The fraction of sp³-hybridized carbons (Fsp3) is 0.571. The second kappa shape index (κ2) is 3.56. The molecule has 1 atom stereocenters. The van der Waals surface area contributed by atoms with E-state index < -0.39 is 0 Å². The molecule has 0 N–H and O–H groups in total. The van der Waals surface area contributed by atoms with E-state index in [0.29, 0.717) is 0 Å². The highest BCUT2D eigenvalue weighted by Gasteiger charge is 2.43. The molecule has 16 heavy (non-hydrogen) atoms. The standard InChI is InChI=1S/C14H18FN/c1-14(12-2-4-13(15)5-3-12)10-11-6-8-16(14)9-7-11/h2-5,11H,6-10H2,1H3. The molecule has 1 nitrogen and oxygen atoms in total. The molecule has 1 aromatic carbocycles. The van der Waals surface area contributed by atoms with Crippen molar-refractivity contribution in [3.05, 3.63) is 35.6 Å². The van der Waals surface area contributed by atoms with Gasteiger partial charge in [-0.15, -0.1) is 0 Å². The van der Waals surface area contributed by atoms with Crippen molar-refractivity contribution in [2.24, 2.45) is 5.92 Å². The van der Waals surface area contributed by atoms with Gasteiger partial charge in [0, 0.05) is 5.54 Å². The summed E-state index contributed by atoms with van der Waals surface area (Å²) in [6.45, 7) is 4.72. The molecule has 0 aromatic heterocycles. The van der Waals surface area contributed by atoms with E-state index in [1.807, 2.05) is 12.1 Å². The van der Waals surface area contributed by atoms with Gasteiger partial charge in [-0.2, -0.15) is 0 Å². The fourth-order valence-electron chi connectivity index (χ4n) is 3.43. The van der Waals surface area contributed by atoms with Crippen LogP contribution >= 0.6 is 0 Å². The van der Waals surface area contributed by atoms with Crippen LogP contribution in [0.3, 0.4) is 0 Å². The highest BCUT2D eigenvalue weighted by atomic mass is 19.1. The minimum atomic E-state index is -0.136. The maximum Gasteiger partial charge on any atom is 0.123 e. The Kier molecular flexibility index (Phi) is 2.28. The summed E-state index contributed by atoms with van der Waals surface area (Å²) >= 11 is 0. The predicted octanol–water partition coefficient (Wildman–Crippen LogP) is 3.16. The summed E-state index contributed by atoms with van der Waals surface area (Å²) in [5, 5.41) is 0. The molecule has 2 bridgehead atoms. The molecule has 0 radical (unpaired) electrons. The largest absolute Gasteiger partial charge is 0.294 e. The smallest absolute Gasteiger partial charge is 0.123 e. The SMILES string of the molecule is CC1(c2ccc(F)cc2)CC2CCN1CC2. The van der Waals surface area contributed by atoms with Crippen molar-refractivity contribution >= 4 is 0 Å². The molecular formula is C14H18FN. The third-order valence-corrected chi connectivity index (χ3v) is 4.46. The van der Waals surface area contributed by atoms with Gasteiger partial charge >= 0.3 is 0 Å². The number of halogens is 1. The monoisotopic (exact) mass is 219 g/mol. The van der Waals surface area contributed by atoms with Gasteiger partial charge in [-0.05, 0) is 62.9 Å². The maximum atomic E-state index is 13.0. The van der Waals surface area contributed by atoms with Crippen LogP contribution in [0.2, 0.25) is 0 Å². The molecule has 3 saturated heterocycles.